The molecule has 0 amide bonds. The molecule has 0 atom stereocenters. The highest BCUT2D eigenvalue weighted by Gasteiger charge is 2.23. The monoisotopic (exact) mass is 343 g/mol. The number of benzene rings is 1. The molecule has 2 N–H and O–H groups in total. The number of halogens is 1. The van der Waals surface area contributed by atoms with E-state index in [1.807, 2.05) is 4.57 Å². The molecule has 2 aromatic rings. The Morgan fingerprint density at radius 3 is 2.40 bits per heavy atom. The third kappa shape index (κ3) is 3.54. The van der Waals surface area contributed by atoms with Crippen molar-refractivity contribution in [2.24, 2.45) is 0 Å². The van der Waals surface area contributed by atoms with Gasteiger partial charge in [-0.25, -0.2) is 4.39 Å². The minimum absolute atomic E-state index is 0.227. The molecule has 1 saturated heterocycles. The Labute approximate surface area is 146 Å². The van der Waals surface area contributed by atoms with Crippen molar-refractivity contribution in [2.45, 2.75) is 6.54 Å². The van der Waals surface area contributed by atoms with Crippen molar-refractivity contribution >= 4 is 17.2 Å². The number of aromatic nitrogens is 1. The third-order valence-electron chi connectivity index (χ3n) is 4.50. The van der Waals surface area contributed by atoms with Gasteiger partial charge in [0.05, 0.1) is 12.3 Å². The van der Waals surface area contributed by atoms with Crippen molar-refractivity contribution in [3.8, 4) is 6.07 Å². The number of nitrogen functional groups attached to an aromatic ring is 1. The maximum absolute atomic E-state index is 13.1. The van der Waals surface area contributed by atoms with Crippen LogP contribution in [0.4, 0.5) is 21.6 Å². The number of nitriles is 1. The van der Waals surface area contributed by atoms with Crippen LogP contribution in [0, 0.1) is 17.1 Å². The first-order valence-corrected chi connectivity index (χ1v) is 8.27. The van der Waals surface area contributed by atoms with E-state index in [9.17, 15) is 9.65 Å². The van der Waals surface area contributed by atoms with Crippen LogP contribution in [-0.4, -0.2) is 44.5 Å². The summed E-state index contributed by atoms with van der Waals surface area (Å²) in [5.74, 6) is 0.655. The maximum atomic E-state index is 13.1. The average molecular weight is 343 g/mol. The van der Waals surface area contributed by atoms with Gasteiger partial charge in [0.15, 0.2) is 0 Å². The molecule has 3 rings (SSSR count). The van der Waals surface area contributed by atoms with E-state index in [1.165, 1.54) is 12.1 Å². The van der Waals surface area contributed by atoms with Gasteiger partial charge < -0.3 is 24.8 Å². The Bertz CT molecular complexity index is 757. The van der Waals surface area contributed by atoms with Gasteiger partial charge >= 0.3 is 0 Å². The molecular formula is C18H22FN5O. The summed E-state index contributed by atoms with van der Waals surface area (Å²) in [6, 6.07) is 10.5. The van der Waals surface area contributed by atoms with E-state index < -0.39 is 0 Å². The van der Waals surface area contributed by atoms with E-state index in [4.69, 9.17) is 10.5 Å². The minimum Gasteiger partial charge on any atom is -0.396 e. The molecule has 1 aromatic carbocycles. The lowest BCUT2D eigenvalue weighted by atomic mass is 10.2. The van der Waals surface area contributed by atoms with Gasteiger partial charge in [0.2, 0.25) is 0 Å². The van der Waals surface area contributed by atoms with Crippen LogP contribution in [0.1, 0.15) is 5.69 Å². The molecule has 1 fully saturated rings. The lowest BCUT2D eigenvalue weighted by molar-refractivity contribution is 0.187. The number of anilines is 3. The van der Waals surface area contributed by atoms with Gasteiger partial charge in [-0.05, 0) is 30.3 Å². The summed E-state index contributed by atoms with van der Waals surface area (Å²) in [5, 5.41) is 9.34. The topological polar surface area (TPSA) is 70.4 Å². The Balaban J connectivity index is 1.75. The first-order valence-electron chi connectivity index (χ1n) is 8.27. The fraction of sp³-hybridized carbons (Fsp3) is 0.389. The van der Waals surface area contributed by atoms with Gasteiger partial charge in [-0.15, -0.1) is 0 Å². The molecule has 0 saturated carbocycles. The molecule has 7 heteroatoms. The number of nitrogens with zero attached hydrogens (tertiary/aromatic N) is 4. The summed E-state index contributed by atoms with van der Waals surface area (Å²) >= 11 is 0. The first-order chi connectivity index (χ1) is 12.1. The standard InChI is InChI=1S/C18H22FN5O/c1-25-11-10-24-16(13-20)12-17(21)18(24)23-8-6-22(7-9-23)15-4-2-14(19)3-5-15/h2-5,12H,6-11,21H2,1H3. The molecule has 0 bridgehead atoms. The Morgan fingerprint density at radius 1 is 1.16 bits per heavy atom. The fourth-order valence-corrected chi connectivity index (χ4v) is 3.24. The highest BCUT2D eigenvalue weighted by Crippen LogP contribution is 2.29. The largest absolute Gasteiger partial charge is 0.396 e. The van der Waals surface area contributed by atoms with Crippen LogP contribution in [0.15, 0.2) is 30.3 Å². The third-order valence-corrected chi connectivity index (χ3v) is 4.50. The van der Waals surface area contributed by atoms with Gasteiger partial charge in [-0.2, -0.15) is 5.26 Å². The fourth-order valence-electron chi connectivity index (χ4n) is 3.24. The van der Waals surface area contributed by atoms with E-state index >= 15 is 0 Å². The Kier molecular flexibility index (Phi) is 5.10. The van der Waals surface area contributed by atoms with Crippen LogP contribution in [0.3, 0.4) is 0 Å². The van der Waals surface area contributed by atoms with Gasteiger partial charge in [0.25, 0.3) is 0 Å². The van der Waals surface area contributed by atoms with E-state index in [-0.39, 0.29) is 5.82 Å². The lowest BCUT2D eigenvalue weighted by Gasteiger charge is -2.38. The molecule has 0 unspecified atom stereocenters. The molecule has 25 heavy (non-hydrogen) atoms. The van der Waals surface area contributed by atoms with Crippen molar-refractivity contribution in [3.63, 3.8) is 0 Å². The number of piperazine rings is 1. The second-order valence-corrected chi connectivity index (χ2v) is 6.02. The maximum Gasteiger partial charge on any atom is 0.133 e. The van der Waals surface area contributed by atoms with Crippen molar-refractivity contribution in [2.75, 3.05) is 55.4 Å². The van der Waals surface area contributed by atoms with Crippen LogP contribution in [-0.2, 0) is 11.3 Å². The number of ether oxygens (including phenoxy) is 1. The molecule has 0 spiro atoms. The van der Waals surface area contributed by atoms with Crippen LogP contribution >= 0.6 is 0 Å². The number of nitrogens with two attached hydrogens (primary N) is 1. The van der Waals surface area contributed by atoms with Crippen molar-refractivity contribution < 1.29 is 9.13 Å². The average Bonchev–Trinajstić information content (AvgIpc) is 2.96. The summed E-state index contributed by atoms with van der Waals surface area (Å²) in [7, 11) is 1.64. The summed E-state index contributed by atoms with van der Waals surface area (Å²) in [4.78, 5) is 4.42. The molecule has 132 valence electrons. The predicted octanol–water partition coefficient (Wildman–Crippen LogP) is 2.05. The van der Waals surface area contributed by atoms with E-state index in [0.717, 1.165) is 37.7 Å². The number of methoxy groups -OCH3 is 1. The van der Waals surface area contributed by atoms with Gasteiger partial charge in [-0.3, -0.25) is 0 Å². The zero-order chi connectivity index (χ0) is 17.8. The van der Waals surface area contributed by atoms with Gasteiger partial charge in [0, 0.05) is 45.5 Å². The minimum atomic E-state index is -0.227. The van der Waals surface area contributed by atoms with Crippen molar-refractivity contribution in [1.82, 2.24) is 4.57 Å². The molecular weight excluding hydrogens is 321 g/mol. The number of rotatable bonds is 5. The summed E-state index contributed by atoms with van der Waals surface area (Å²) in [6.07, 6.45) is 0. The zero-order valence-corrected chi connectivity index (χ0v) is 14.3. The highest BCUT2D eigenvalue weighted by atomic mass is 19.1. The van der Waals surface area contributed by atoms with Crippen LogP contribution in [0.2, 0.25) is 0 Å². The van der Waals surface area contributed by atoms with Crippen LogP contribution in [0.5, 0.6) is 0 Å². The lowest BCUT2D eigenvalue weighted by Crippen LogP contribution is -2.47. The van der Waals surface area contributed by atoms with Gasteiger partial charge in [0.1, 0.15) is 23.4 Å². The van der Waals surface area contributed by atoms with Crippen molar-refractivity contribution in [3.05, 3.63) is 41.8 Å². The molecule has 0 radical (unpaired) electrons. The normalized spacial score (nSPS) is 14.6. The quantitative estimate of drug-likeness (QED) is 0.900. The second-order valence-electron chi connectivity index (χ2n) is 6.02. The zero-order valence-electron chi connectivity index (χ0n) is 14.3. The predicted molar refractivity (Wildman–Crippen MR) is 96.3 cm³/mol. The van der Waals surface area contributed by atoms with Gasteiger partial charge in [-0.1, -0.05) is 0 Å². The molecule has 2 heterocycles. The summed E-state index contributed by atoms with van der Waals surface area (Å²) in [6.45, 7) is 4.28. The van der Waals surface area contributed by atoms with Crippen molar-refractivity contribution in [1.29, 1.82) is 5.26 Å². The molecule has 1 aliphatic heterocycles. The summed E-state index contributed by atoms with van der Waals surface area (Å²) < 4.78 is 20.2. The highest BCUT2D eigenvalue weighted by molar-refractivity contribution is 5.68. The first kappa shape index (κ1) is 17.1. The van der Waals surface area contributed by atoms with E-state index in [1.54, 1.807) is 25.3 Å². The summed E-state index contributed by atoms with van der Waals surface area (Å²) in [5.41, 5.74) is 8.35. The molecule has 1 aliphatic rings. The molecule has 1 aromatic heterocycles. The number of hydrogen-bond donors (Lipinski definition) is 1. The van der Waals surface area contributed by atoms with E-state index in [0.29, 0.717) is 24.5 Å². The van der Waals surface area contributed by atoms with Crippen LogP contribution < -0.4 is 15.5 Å². The van der Waals surface area contributed by atoms with E-state index in [2.05, 4.69) is 15.9 Å². The van der Waals surface area contributed by atoms with Crippen LogP contribution in [0.25, 0.3) is 0 Å². The smallest absolute Gasteiger partial charge is 0.133 e. The number of hydrogen-bond acceptors (Lipinski definition) is 5. The SMILES string of the molecule is COCCn1c(C#N)cc(N)c1N1CCN(c2ccc(F)cc2)CC1. The molecule has 0 aliphatic carbocycles. The Hall–Kier alpha value is -2.72. The molecule has 6 nitrogen and oxygen atoms in total. The Morgan fingerprint density at radius 2 is 1.80 bits per heavy atom. The second kappa shape index (κ2) is 7.45.